The van der Waals surface area contributed by atoms with E-state index in [-0.39, 0.29) is 11.9 Å². The van der Waals surface area contributed by atoms with Crippen molar-refractivity contribution in [3.8, 4) is 17.1 Å². The van der Waals surface area contributed by atoms with Gasteiger partial charge in [-0.2, -0.15) is 0 Å². The van der Waals surface area contributed by atoms with E-state index < -0.39 is 0 Å². The van der Waals surface area contributed by atoms with Gasteiger partial charge in [0.2, 0.25) is 0 Å². The van der Waals surface area contributed by atoms with Crippen molar-refractivity contribution in [1.29, 1.82) is 0 Å². The molecule has 1 N–H and O–H groups in total. The molecule has 0 unspecified atom stereocenters. The number of aryl methyl sites for hydroxylation is 1. The molecule has 1 aliphatic heterocycles. The first-order chi connectivity index (χ1) is 18.6. The highest BCUT2D eigenvalue weighted by atomic mass is 19.1. The molecule has 2 aromatic carbocycles. The highest BCUT2D eigenvalue weighted by molar-refractivity contribution is 5.84. The van der Waals surface area contributed by atoms with Crippen LogP contribution in [-0.2, 0) is 4.74 Å². The number of methoxy groups -OCH3 is 1. The average Bonchev–Trinajstić information content (AvgIpc) is 2.94. The van der Waals surface area contributed by atoms with Crippen LogP contribution in [0, 0.1) is 12.7 Å². The van der Waals surface area contributed by atoms with E-state index in [0.29, 0.717) is 6.10 Å². The number of fused-ring (bicyclic) bond motifs is 2. The van der Waals surface area contributed by atoms with E-state index in [1.54, 1.807) is 19.2 Å². The number of pyridine rings is 1. The lowest BCUT2D eigenvalue weighted by Gasteiger charge is -2.25. The molecule has 1 aromatic heterocycles. The number of nitrogens with one attached hydrogen (secondary N) is 1. The van der Waals surface area contributed by atoms with Crippen molar-refractivity contribution in [2.75, 3.05) is 12.4 Å². The van der Waals surface area contributed by atoms with E-state index >= 15 is 0 Å². The van der Waals surface area contributed by atoms with Gasteiger partial charge in [0, 0.05) is 18.5 Å². The minimum Gasteiger partial charge on any atom is -0.381 e. The lowest BCUT2D eigenvalue weighted by molar-refractivity contribution is 0.0663. The lowest BCUT2D eigenvalue weighted by atomic mass is 9.93. The molecule has 7 heteroatoms. The second-order valence-corrected chi connectivity index (χ2v) is 9.88. The van der Waals surface area contributed by atoms with Crippen molar-refractivity contribution in [3.05, 3.63) is 95.9 Å². The number of aromatic nitrogens is 3. The molecular formula is C31H30FN5O. The zero-order chi connectivity index (χ0) is 26.1. The molecule has 1 fully saturated rings. The summed E-state index contributed by atoms with van der Waals surface area (Å²) in [6.07, 6.45) is 6.12. The third-order valence-corrected chi connectivity index (χ3v) is 7.27. The maximum absolute atomic E-state index is 13.8. The quantitative estimate of drug-likeness (QED) is 0.273. The van der Waals surface area contributed by atoms with Crippen LogP contribution in [0.4, 0.5) is 15.8 Å². The fourth-order valence-electron chi connectivity index (χ4n) is 5.22. The SMILES string of the molecule is COC1CCC(N=c2cc3n(-c4ccc(F)cc4)c4ccccc4nc-3cc2Nc2ccc(C)nc2)CC1. The van der Waals surface area contributed by atoms with Crippen molar-refractivity contribution in [2.45, 2.75) is 44.8 Å². The Morgan fingerprint density at radius 2 is 1.76 bits per heavy atom. The topological polar surface area (TPSA) is 64.3 Å². The monoisotopic (exact) mass is 507 g/mol. The normalized spacial score (nSPS) is 18.2. The van der Waals surface area contributed by atoms with Gasteiger partial charge >= 0.3 is 0 Å². The second-order valence-electron chi connectivity index (χ2n) is 9.88. The van der Waals surface area contributed by atoms with Crippen molar-refractivity contribution in [1.82, 2.24) is 14.5 Å². The van der Waals surface area contributed by atoms with Crippen LogP contribution in [0.3, 0.4) is 0 Å². The van der Waals surface area contributed by atoms with Gasteiger partial charge in [-0.25, -0.2) is 9.37 Å². The Morgan fingerprint density at radius 1 is 0.974 bits per heavy atom. The van der Waals surface area contributed by atoms with E-state index in [9.17, 15) is 4.39 Å². The number of benzene rings is 3. The van der Waals surface area contributed by atoms with Crippen LogP contribution >= 0.6 is 0 Å². The standard InChI is InChI=1S/C31H30FN5O/c1-20-7-10-23(19-33-20)35-27-17-29-31(18-28(27)34-22-11-15-25(38-2)16-12-22)37(24-13-8-21(32)9-14-24)30-6-4-3-5-26(30)36-29/h3-10,13-14,17-19,22,25,35H,11-12,15-16H2,1-2H3. The third kappa shape index (κ3) is 4.89. The number of hydrogen-bond donors (Lipinski definition) is 1. The zero-order valence-electron chi connectivity index (χ0n) is 21.6. The molecule has 6 rings (SSSR count). The Labute approximate surface area is 221 Å². The highest BCUT2D eigenvalue weighted by Gasteiger charge is 2.21. The molecule has 3 aliphatic rings. The first-order valence-corrected chi connectivity index (χ1v) is 13.1. The molecule has 192 valence electrons. The predicted molar refractivity (Wildman–Crippen MR) is 149 cm³/mol. The fraction of sp³-hybridized carbons (Fsp3) is 0.258. The fourth-order valence-corrected chi connectivity index (χ4v) is 5.22. The third-order valence-electron chi connectivity index (χ3n) is 7.27. The van der Waals surface area contributed by atoms with Crippen LogP contribution in [0.5, 0.6) is 0 Å². The molecule has 0 atom stereocenters. The summed E-state index contributed by atoms with van der Waals surface area (Å²) in [5.41, 5.74) is 7.13. The van der Waals surface area contributed by atoms with Gasteiger partial charge in [-0.1, -0.05) is 12.1 Å². The van der Waals surface area contributed by atoms with Gasteiger partial charge in [0.15, 0.2) is 0 Å². The maximum atomic E-state index is 13.8. The molecular weight excluding hydrogens is 477 g/mol. The first-order valence-electron chi connectivity index (χ1n) is 13.1. The molecule has 0 amide bonds. The van der Waals surface area contributed by atoms with Crippen LogP contribution in [0.2, 0.25) is 0 Å². The van der Waals surface area contributed by atoms with E-state index in [2.05, 4.69) is 27.0 Å². The first kappa shape index (κ1) is 24.2. The van der Waals surface area contributed by atoms with Crippen molar-refractivity contribution in [3.63, 3.8) is 0 Å². The summed E-state index contributed by atoms with van der Waals surface area (Å²) in [5, 5.41) is 4.40. The summed E-state index contributed by atoms with van der Waals surface area (Å²) in [4.78, 5) is 14.7. The van der Waals surface area contributed by atoms with Crippen LogP contribution < -0.4 is 10.7 Å². The molecule has 0 saturated heterocycles. The average molecular weight is 508 g/mol. The van der Waals surface area contributed by atoms with Crippen LogP contribution in [0.1, 0.15) is 31.4 Å². The molecule has 6 nitrogen and oxygen atoms in total. The largest absolute Gasteiger partial charge is 0.381 e. The Bertz CT molecular complexity index is 1600. The molecule has 38 heavy (non-hydrogen) atoms. The molecule has 0 radical (unpaired) electrons. The molecule has 0 spiro atoms. The summed E-state index contributed by atoms with van der Waals surface area (Å²) < 4.78 is 21.5. The Balaban J connectivity index is 1.57. The van der Waals surface area contributed by atoms with E-state index in [0.717, 1.165) is 76.2 Å². The minimum atomic E-state index is -0.266. The van der Waals surface area contributed by atoms with Crippen LogP contribution in [0.15, 0.2) is 84.0 Å². The van der Waals surface area contributed by atoms with E-state index in [1.165, 1.54) is 12.1 Å². The van der Waals surface area contributed by atoms with Gasteiger partial charge in [-0.15, -0.1) is 0 Å². The minimum absolute atomic E-state index is 0.211. The van der Waals surface area contributed by atoms with Crippen LogP contribution in [0.25, 0.3) is 28.1 Å². The highest BCUT2D eigenvalue weighted by Crippen LogP contribution is 2.31. The van der Waals surface area contributed by atoms with Gasteiger partial charge in [-0.3, -0.25) is 9.98 Å². The Kier molecular flexibility index (Phi) is 6.60. The maximum Gasteiger partial charge on any atom is 0.123 e. The molecule has 0 bridgehead atoms. The van der Waals surface area contributed by atoms with Crippen molar-refractivity contribution in [2.24, 2.45) is 4.99 Å². The lowest BCUT2D eigenvalue weighted by Crippen LogP contribution is -2.25. The number of rotatable bonds is 5. The summed E-state index contributed by atoms with van der Waals surface area (Å²) >= 11 is 0. The van der Waals surface area contributed by atoms with Gasteiger partial charge in [0.1, 0.15) is 5.82 Å². The Hall–Kier alpha value is -4.10. The van der Waals surface area contributed by atoms with Gasteiger partial charge in [0.05, 0.1) is 57.5 Å². The number of ether oxygens (including phenoxy) is 1. The number of hydrogen-bond acceptors (Lipinski definition) is 5. The van der Waals surface area contributed by atoms with Gasteiger partial charge < -0.3 is 14.6 Å². The summed E-state index contributed by atoms with van der Waals surface area (Å²) in [6.45, 7) is 1.97. The van der Waals surface area contributed by atoms with Gasteiger partial charge in [-0.05, 0) is 93.3 Å². The number of anilines is 2. The number of para-hydroxylation sites is 2. The predicted octanol–water partition coefficient (Wildman–Crippen LogP) is 6.57. The second kappa shape index (κ2) is 10.3. The Morgan fingerprint density at radius 3 is 2.50 bits per heavy atom. The van der Waals surface area contributed by atoms with Crippen LogP contribution in [-0.4, -0.2) is 33.8 Å². The molecule has 2 heterocycles. The van der Waals surface area contributed by atoms with Crippen molar-refractivity contribution < 1.29 is 9.13 Å². The number of nitrogens with zero attached hydrogens (tertiary/aromatic N) is 4. The summed E-state index contributed by atoms with van der Waals surface area (Å²) in [5.74, 6) is -0.266. The van der Waals surface area contributed by atoms with Gasteiger partial charge in [0.25, 0.3) is 0 Å². The molecule has 3 aromatic rings. The smallest absolute Gasteiger partial charge is 0.123 e. The molecule has 2 aliphatic carbocycles. The summed E-state index contributed by atoms with van der Waals surface area (Å²) in [6, 6.07) is 23.0. The zero-order valence-corrected chi connectivity index (χ0v) is 21.6. The van der Waals surface area contributed by atoms with Crippen molar-refractivity contribution >= 4 is 22.4 Å². The molecule has 1 saturated carbocycles. The van der Waals surface area contributed by atoms with E-state index in [4.69, 9.17) is 14.7 Å². The van der Waals surface area contributed by atoms with E-state index in [1.807, 2.05) is 49.5 Å². The number of halogens is 1. The summed E-state index contributed by atoms with van der Waals surface area (Å²) in [7, 11) is 1.79.